The Morgan fingerprint density at radius 3 is 2.65 bits per heavy atom. The Balaban J connectivity index is 1.70. The van der Waals surface area contributed by atoms with Crippen molar-refractivity contribution < 1.29 is 13.5 Å². The van der Waals surface area contributed by atoms with E-state index in [1.807, 2.05) is 44.2 Å². The number of anilines is 1. The SMILES string of the molecule is CC(C)Oc1ccc2[nH]nc(-c3ccnc(N4C[C@@H](F)[C@H](F)C4)c3)c2c1. The summed E-state index contributed by atoms with van der Waals surface area (Å²) >= 11 is 0. The summed E-state index contributed by atoms with van der Waals surface area (Å²) < 4.78 is 32.8. The standard InChI is InChI=1S/C19H20F2N4O/c1-11(2)26-13-3-4-17-14(8-13)19(24-23-17)12-5-6-22-18(7-12)25-9-15(20)16(21)10-25/h3-8,11,15-16H,9-10H2,1-2H3,(H,23,24)/t15-,16-/m1/s1. The van der Waals surface area contributed by atoms with Gasteiger partial charge >= 0.3 is 0 Å². The van der Waals surface area contributed by atoms with Crippen LogP contribution in [0.15, 0.2) is 36.5 Å². The Kier molecular flexibility index (Phi) is 4.22. The molecule has 1 saturated heterocycles. The second-order valence-corrected chi connectivity index (χ2v) is 6.79. The maximum Gasteiger partial charge on any atom is 0.150 e. The summed E-state index contributed by atoms with van der Waals surface area (Å²) in [6.45, 7) is 3.99. The van der Waals surface area contributed by atoms with E-state index in [1.165, 1.54) is 0 Å². The van der Waals surface area contributed by atoms with Crippen molar-refractivity contribution in [1.29, 1.82) is 0 Å². The van der Waals surface area contributed by atoms with Crippen LogP contribution in [0.25, 0.3) is 22.2 Å². The van der Waals surface area contributed by atoms with Gasteiger partial charge in [0.1, 0.15) is 17.3 Å². The summed E-state index contributed by atoms with van der Waals surface area (Å²) in [4.78, 5) is 5.89. The number of pyridine rings is 1. The zero-order chi connectivity index (χ0) is 18.3. The summed E-state index contributed by atoms with van der Waals surface area (Å²) in [5.41, 5.74) is 2.48. The van der Waals surface area contributed by atoms with Gasteiger partial charge in [-0.3, -0.25) is 5.10 Å². The molecule has 0 bridgehead atoms. The van der Waals surface area contributed by atoms with Crippen molar-refractivity contribution in [3.63, 3.8) is 0 Å². The maximum absolute atomic E-state index is 13.5. The summed E-state index contributed by atoms with van der Waals surface area (Å²) in [5, 5.41) is 8.34. The van der Waals surface area contributed by atoms with Crippen LogP contribution < -0.4 is 9.64 Å². The number of fused-ring (bicyclic) bond motifs is 1. The highest BCUT2D eigenvalue weighted by atomic mass is 19.2. The van der Waals surface area contributed by atoms with E-state index in [2.05, 4.69) is 15.2 Å². The lowest BCUT2D eigenvalue weighted by molar-refractivity contribution is 0.217. The fraction of sp³-hybridized carbons (Fsp3) is 0.368. The van der Waals surface area contributed by atoms with Crippen molar-refractivity contribution in [2.45, 2.75) is 32.3 Å². The highest BCUT2D eigenvalue weighted by Crippen LogP contribution is 2.32. The van der Waals surface area contributed by atoms with Crippen LogP contribution in [0.5, 0.6) is 5.75 Å². The Morgan fingerprint density at radius 1 is 1.15 bits per heavy atom. The molecule has 0 saturated carbocycles. The number of benzene rings is 1. The third-order valence-corrected chi connectivity index (χ3v) is 4.43. The number of aromatic nitrogens is 3. The van der Waals surface area contributed by atoms with Crippen molar-refractivity contribution in [1.82, 2.24) is 15.2 Å². The van der Waals surface area contributed by atoms with Crippen LogP contribution in [0.2, 0.25) is 0 Å². The second-order valence-electron chi connectivity index (χ2n) is 6.79. The van der Waals surface area contributed by atoms with Crippen molar-refractivity contribution in [2.24, 2.45) is 0 Å². The molecular weight excluding hydrogens is 338 g/mol. The molecule has 1 N–H and O–H groups in total. The molecule has 0 aliphatic carbocycles. The number of hydrogen-bond acceptors (Lipinski definition) is 4. The predicted octanol–water partition coefficient (Wildman–Crippen LogP) is 3.91. The first-order valence-corrected chi connectivity index (χ1v) is 8.65. The lowest BCUT2D eigenvalue weighted by atomic mass is 10.1. The predicted molar refractivity (Wildman–Crippen MR) is 97.1 cm³/mol. The number of nitrogens with one attached hydrogen (secondary N) is 1. The van der Waals surface area contributed by atoms with Gasteiger partial charge in [-0.1, -0.05) is 0 Å². The van der Waals surface area contributed by atoms with Gasteiger partial charge in [0.25, 0.3) is 0 Å². The van der Waals surface area contributed by atoms with Crippen LogP contribution in [-0.2, 0) is 0 Å². The van der Waals surface area contributed by atoms with E-state index in [-0.39, 0.29) is 19.2 Å². The summed E-state index contributed by atoms with van der Waals surface area (Å²) in [6.07, 6.45) is -1.23. The van der Waals surface area contributed by atoms with Crippen LogP contribution in [0.4, 0.5) is 14.6 Å². The highest BCUT2D eigenvalue weighted by Gasteiger charge is 2.33. The van der Waals surface area contributed by atoms with E-state index in [0.717, 1.165) is 27.9 Å². The molecule has 1 fully saturated rings. The van der Waals surface area contributed by atoms with Crippen molar-refractivity contribution in [3.05, 3.63) is 36.5 Å². The van der Waals surface area contributed by atoms with Crippen molar-refractivity contribution in [2.75, 3.05) is 18.0 Å². The van der Waals surface area contributed by atoms with Crippen molar-refractivity contribution >= 4 is 16.7 Å². The number of rotatable bonds is 4. The monoisotopic (exact) mass is 358 g/mol. The minimum absolute atomic E-state index is 0.0192. The smallest absolute Gasteiger partial charge is 0.150 e. The largest absolute Gasteiger partial charge is 0.491 e. The van der Waals surface area contributed by atoms with E-state index in [0.29, 0.717) is 5.82 Å². The van der Waals surface area contributed by atoms with E-state index in [9.17, 15) is 8.78 Å². The van der Waals surface area contributed by atoms with Gasteiger partial charge in [-0.2, -0.15) is 5.10 Å². The topological polar surface area (TPSA) is 54.0 Å². The minimum Gasteiger partial charge on any atom is -0.491 e. The molecule has 26 heavy (non-hydrogen) atoms. The third kappa shape index (κ3) is 3.09. The zero-order valence-electron chi connectivity index (χ0n) is 14.6. The normalized spacial score (nSPS) is 20.3. The molecule has 0 unspecified atom stereocenters. The van der Waals surface area contributed by atoms with Gasteiger partial charge in [-0.05, 0) is 44.2 Å². The average molecular weight is 358 g/mol. The molecule has 1 aromatic carbocycles. The molecule has 2 aromatic heterocycles. The van der Waals surface area contributed by atoms with Crippen LogP contribution >= 0.6 is 0 Å². The fourth-order valence-electron chi connectivity index (χ4n) is 3.21. The van der Waals surface area contributed by atoms with Gasteiger partial charge in [0.2, 0.25) is 0 Å². The van der Waals surface area contributed by atoms with E-state index in [1.54, 1.807) is 11.1 Å². The Labute approximate surface area is 150 Å². The van der Waals surface area contributed by atoms with E-state index in [4.69, 9.17) is 4.74 Å². The van der Waals surface area contributed by atoms with E-state index >= 15 is 0 Å². The van der Waals surface area contributed by atoms with Gasteiger partial charge in [-0.15, -0.1) is 0 Å². The lowest BCUT2D eigenvalue weighted by Crippen LogP contribution is -2.21. The Morgan fingerprint density at radius 2 is 1.92 bits per heavy atom. The fourth-order valence-corrected chi connectivity index (χ4v) is 3.21. The maximum atomic E-state index is 13.5. The molecule has 5 nitrogen and oxygen atoms in total. The number of aromatic amines is 1. The third-order valence-electron chi connectivity index (χ3n) is 4.43. The molecule has 7 heteroatoms. The molecular formula is C19H20F2N4O. The number of halogens is 2. The number of alkyl halides is 2. The number of H-pyrrole nitrogens is 1. The molecule has 136 valence electrons. The van der Waals surface area contributed by atoms with Crippen LogP contribution in [-0.4, -0.2) is 46.7 Å². The van der Waals surface area contributed by atoms with Crippen LogP contribution in [0.1, 0.15) is 13.8 Å². The molecule has 0 spiro atoms. The number of nitrogens with zero attached hydrogens (tertiary/aromatic N) is 3. The van der Waals surface area contributed by atoms with Crippen molar-refractivity contribution in [3.8, 4) is 17.0 Å². The summed E-state index contributed by atoms with van der Waals surface area (Å²) in [6, 6.07) is 9.42. The molecule has 1 aliphatic rings. The Bertz CT molecular complexity index is 917. The molecule has 3 heterocycles. The van der Waals surface area contributed by atoms with Gasteiger partial charge in [-0.25, -0.2) is 13.8 Å². The molecule has 0 radical (unpaired) electrons. The highest BCUT2D eigenvalue weighted by molar-refractivity contribution is 5.94. The molecule has 3 aromatic rings. The molecule has 2 atom stereocenters. The minimum atomic E-state index is -1.47. The van der Waals surface area contributed by atoms with Gasteiger partial charge < -0.3 is 9.64 Å². The number of ether oxygens (including phenoxy) is 1. The first-order chi connectivity index (χ1) is 12.5. The van der Waals surface area contributed by atoms with Gasteiger partial charge in [0.15, 0.2) is 12.3 Å². The first kappa shape index (κ1) is 16.8. The lowest BCUT2D eigenvalue weighted by Gasteiger charge is -2.16. The summed E-state index contributed by atoms with van der Waals surface area (Å²) in [5.74, 6) is 1.32. The average Bonchev–Trinajstić information content (AvgIpc) is 3.18. The summed E-state index contributed by atoms with van der Waals surface area (Å²) in [7, 11) is 0. The number of hydrogen-bond donors (Lipinski definition) is 1. The van der Waals surface area contributed by atoms with Gasteiger partial charge in [0, 0.05) is 17.1 Å². The van der Waals surface area contributed by atoms with Crippen LogP contribution in [0.3, 0.4) is 0 Å². The van der Waals surface area contributed by atoms with Gasteiger partial charge in [0.05, 0.1) is 24.7 Å². The quantitative estimate of drug-likeness (QED) is 0.768. The second kappa shape index (κ2) is 6.55. The molecule has 0 amide bonds. The van der Waals surface area contributed by atoms with Crippen LogP contribution in [0, 0.1) is 0 Å². The molecule has 4 rings (SSSR count). The van der Waals surface area contributed by atoms with E-state index < -0.39 is 12.3 Å². The zero-order valence-corrected chi connectivity index (χ0v) is 14.6. The molecule has 1 aliphatic heterocycles. The first-order valence-electron chi connectivity index (χ1n) is 8.65. The Hall–Kier alpha value is -2.70.